The van der Waals surface area contributed by atoms with E-state index in [0.29, 0.717) is 4.90 Å². The zero-order valence-corrected chi connectivity index (χ0v) is 8.89. The van der Waals surface area contributed by atoms with Gasteiger partial charge in [0.05, 0.1) is 22.7 Å². The molecule has 0 heterocycles. The lowest BCUT2D eigenvalue weighted by atomic mass is 10.4. The number of hydrogen-bond donors (Lipinski definition) is 1. The average Bonchev–Trinajstić information content (AvgIpc) is 2.20. The van der Waals surface area contributed by atoms with Gasteiger partial charge in [-0.2, -0.15) is 0 Å². The zero-order chi connectivity index (χ0) is 10.6. The topological polar surface area (TPSA) is 37.3 Å². The van der Waals surface area contributed by atoms with Crippen LogP contribution in [0.3, 0.4) is 0 Å². The fraction of sp³-hybridized carbons (Fsp3) is 0.333. The van der Waals surface area contributed by atoms with Gasteiger partial charge in [-0.1, -0.05) is 0 Å². The lowest BCUT2D eigenvalue weighted by molar-refractivity contribution is 0.299. The van der Waals surface area contributed by atoms with Crippen LogP contribution in [-0.4, -0.2) is 27.1 Å². The summed E-state index contributed by atoms with van der Waals surface area (Å²) in [6.45, 7) is -0.243. The second-order valence-electron chi connectivity index (χ2n) is 2.71. The third-order valence-electron chi connectivity index (χ3n) is 1.72. The predicted molar refractivity (Wildman–Crippen MR) is 54.4 cm³/mol. The van der Waals surface area contributed by atoms with Crippen LogP contribution in [0.4, 0.5) is 4.39 Å². The number of aliphatic hydroxyl groups is 1. The minimum absolute atomic E-state index is 0.112. The smallest absolute Gasteiger partial charge is 0.123 e. The maximum atomic E-state index is 12.5. The van der Waals surface area contributed by atoms with Crippen molar-refractivity contribution in [1.29, 1.82) is 0 Å². The molecule has 0 aliphatic heterocycles. The van der Waals surface area contributed by atoms with Gasteiger partial charge in [-0.3, -0.25) is 4.21 Å². The maximum Gasteiger partial charge on any atom is 0.123 e. The van der Waals surface area contributed by atoms with E-state index in [1.54, 1.807) is 0 Å². The van der Waals surface area contributed by atoms with E-state index in [9.17, 15) is 8.60 Å². The predicted octanol–water partition coefficient (Wildman–Crippen LogP) is 1.53. The molecule has 0 saturated carbocycles. The molecule has 2 atom stereocenters. The van der Waals surface area contributed by atoms with Crippen molar-refractivity contribution >= 4 is 22.4 Å². The number of aliphatic hydroxyl groups excluding tert-OH is 1. The first-order chi connectivity index (χ1) is 6.69. The molecule has 1 aromatic rings. The quantitative estimate of drug-likeness (QED) is 0.806. The number of hydrogen-bond acceptors (Lipinski definition) is 2. The Morgan fingerprint density at radius 3 is 2.43 bits per heavy atom. The molecule has 0 aliphatic carbocycles. The van der Waals surface area contributed by atoms with Crippen LogP contribution in [0.5, 0.6) is 0 Å². The van der Waals surface area contributed by atoms with Gasteiger partial charge in [-0.05, 0) is 24.3 Å². The highest BCUT2D eigenvalue weighted by molar-refractivity contribution is 7.85. The van der Waals surface area contributed by atoms with Crippen molar-refractivity contribution in [3.63, 3.8) is 0 Å². The van der Waals surface area contributed by atoms with Crippen molar-refractivity contribution in [1.82, 2.24) is 0 Å². The fourth-order valence-electron chi connectivity index (χ4n) is 0.935. The van der Waals surface area contributed by atoms with Gasteiger partial charge in [0.15, 0.2) is 0 Å². The van der Waals surface area contributed by atoms with E-state index in [1.807, 2.05) is 0 Å². The van der Waals surface area contributed by atoms with Gasteiger partial charge < -0.3 is 5.11 Å². The second-order valence-corrected chi connectivity index (χ2v) is 4.75. The Morgan fingerprint density at radius 2 is 2.00 bits per heavy atom. The third kappa shape index (κ3) is 2.77. The van der Waals surface area contributed by atoms with Gasteiger partial charge in [-0.25, -0.2) is 4.39 Å². The number of rotatable bonds is 4. The monoisotopic (exact) mass is 236 g/mol. The highest BCUT2D eigenvalue weighted by Crippen LogP contribution is 2.13. The lowest BCUT2D eigenvalue weighted by Gasteiger charge is -2.09. The number of halogens is 2. The van der Waals surface area contributed by atoms with Crippen LogP contribution in [0.15, 0.2) is 29.2 Å². The van der Waals surface area contributed by atoms with Gasteiger partial charge >= 0.3 is 0 Å². The van der Waals surface area contributed by atoms with Crippen molar-refractivity contribution in [2.75, 3.05) is 12.5 Å². The van der Waals surface area contributed by atoms with E-state index in [0.717, 1.165) is 0 Å². The Balaban J connectivity index is 2.83. The first-order valence-electron chi connectivity index (χ1n) is 4.02. The lowest BCUT2D eigenvalue weighted by Crippen LogP contribution is -2.21. The Labute approximate surface area is 89.2 Å². The molecule has 1 aromatic carbocycles. The average molecular weight is 237 g/mol. The van der Waals surface area contributed by atoms with Crippen LogP contribution in [0.1, 0.15) is 0 Å². The van der Waals surface area contributed by atoms with Crippen molar-refractivity contribution in [3.05, 3.63) is 30.1 Å². The van der Waals surface area contributed by atoms with E-state index in [-0.39, 0.29) is 18.3 Å². The Kier molecular flexibility index (Phi) is 4.51. The second kappa shape index (κ2) is 5.44. The third-order valence-corrected chi connectivity index (χ3v) is 3.94. The molecule has 2 nitrogen and oxygen atoms in total. The normalized spacial score (nSPS) is 15.1. The SMILES string of the molecule is O=S(c1ccc(F)cc1)C(CO)CCl. The van der Waals surface area contributed by atoms with Gasteiger partial charge in [0.2, 0.25) is 0 Å². The first kappa shape index (κ1) is 11.6. The number of benzene rings is 1. The molecule has 0 aromatic heterocycles. The molecular weight excluding hydrogens is 227 g/mol. The van der Waals surface area contributed by atoms with Crippen LogP contribution in [0.2, 0.25) is 0 Å². The summed E-state index contributed by atoms with van der Waals surface area (Å²) >= 11 is 5.52. The fourth-order valence-corrected chi connectivity index (χ4v) is 2.41. The Hall–Kier alpha value is -0.450. The van der Waals surface area contributed by atoms with E-state index in [4.69, 9.17) is 16.7 Å². The molecular formula is C9H10ClFO2S. The summed E-state index contributed by atoms with van der Waals surface area (Å²) in [5, 5.41) is 8.36. The molecule has 0 saturated heterocycles. The minimum atomic E-state index is -1.38. The van der Waals surface area contributed by atoms with E-state index in [2.05, 4.69) is 0 Å². The summed E-state index contributed by atoms with van der Waals surface area (Å²) < 4.78 is 24.2. The maximum absolute atomic E-state index is 12.5. The van der Waals surface area contributed by atoms with Crippen LogP contribution in [-0.2, 0) is 10.8 Å². The highest BCUT2D eigenvalue weighted by Gasteiger charge is 2.16. The zero-order valence-electron chi connectivity index (χ0n) is 7.32. The molecule has 78 valence electrons. The van der Waals surface area contributed by atoms with Gasteiger partial charge in [-0.15, -0.1) is 11.6 Å². The van der Waals surface area contributed by atoms with Crippen molar-refractivity contribution in [3.8, 4) is 0 Å². The molecule has 1 rings (SSSR count). The van der Waals surface area contributed by atoms with Crippen molar-refractivity contribution in [2.45, 2.75) is 10.1 Å². The van der Waals surface area contributed by atoms with Crippen molar-refractivity contribution < 1.29 is 13.7 Å². The van der Waals surface area contributed by atoms with Gasteiger partial charge in [0, 0.05) is 10.8 Å². The molecule has 0 amide bonds. The summed E-state index contributed by atoms with van der Waals surface area (Å²) in [4.78, 5) is 0.478. The van der Waals surface area contributed by atoms with Crippen LogP contribution in [0, 0.1) is 5.82 Å². The van der Waals surface area contributed by atoms with Gasteiger partial charge in [0.1, 0.15) is 5.82 Å². The summed E-state index contributed by atoms with van der Waals surface area (Å²) in [6, 6.07) is 5.33. The van der Waals surface area contributed by atoms with Crippen LogP contribution < -0.4 is 0 Å². The summed E-state index contributed by atoms with van der Waals surface area (Å²) in [6.07, 6.45) is 0. The van der Waals surface area contributed by atoms with Crippen LogP contribution in [0.25, 0.3) is 0 Å². The molecule has 5 heteroatoms. The molecule has 0 spiro atoms. The van der Waals surface area contributed by atoms with Crippen molar-refractivity contribution in [2.24, 2.45) is 0 Å². The summed E-state index contributed by atoms with van der Waals surface area (Å²) in [5.74, 6) is -0.266. The Morgan fingerprint density at radius 1 is 1.43 bits per heavy atom. The molecule has 0 fully saturated rings. The van der Waals surface area contributed by atoms with E-state index < -0.39 is 16.0 Å². The Bertz CT molecular complexity index is 311. The standard InChI is InChI=1S/C9H10ClFO2S/c10-5-9(6-12)14(13)8-3-1-7(11)2-4-8/h1-4,9,12H,5-6H2. The van der Waals surface area contributed by atoms with E-state index in [1.165, 1.54) is 24.3 Å². The van der Waals surface area contributed by atoms with E-state index >= 15 is 0 Å². The molecule has 0 aliphatic rings. The molecule has 1 N–H and O–H groups in total. The highest BCUT2D eigenvalue weighted by atomic mass is 35.5. The van der Waals surface area contributed by atoms with Crippen LogP contribution >= 0.6 is 11.6 Å². The number of alkyl halides is 1. The molecule has 2 unspecified atom stereocenters. The molecule has 0 radical (unpaired) electrons. The largest absolute Gasteiger partial charge is 0.395 e. The molecule has 0 bridgehead atoms. The first-order valence-corrected chi connectivity index (χ1v) is 5.76. The van der Waals surface area contributed by atoms with Gasteiger partial charge in [0.25, 0.3) is 0 Å². The molecule has 14 heavy (non-hydrogen) atoms. The summed E-state index contributed by atoms with van der Waals surface area (Å²) in [5.41, 5.74) is 0. The minimum Gasteiger partial charge on any atom is -0.395 e. The summed E-state index contributed by atoms with van der Waals surface area (Å²) in [7, 11) is -1.38.